The first kappa shape index (κ1) is 22.8. The molecule has 0 aromatic heterocycles. The molecule has 6 heteroatoms. The van der Waals surface area contributed by atoms with E-state index in [-0.39, 0.29) is 29.1 Å². The Hall–Kier alpha value is -2.37. The fourth-order valence-electron chi connectivity index (χ4n) is 6.69. The number of rotatable bonds is 7. The maximum Gasteiger partial charge on any atom is 0.251 e. The summed E-state index contributed by atoms with van der Waals surface area (Å²) in [6.07, 6.45) is 6.87. The van der Waals surface area contributed by atoms with Crippen molar-refractivity contribution in [1.82, 2.24) is 15.5 Å². The lowest BCUT2D eigenvalue weighted by Crippen LogP contribution is -2.58. The van der Waals surface area contributed by atoms with E-state index in [4.69, 9.17) is 0 Å². The Labute approximate surface area is 191 Å². The molecule has 0 aliphatic heterocycles. The van der Waals surface area contributed by atoms with E-state index in [1.165, 1.54) is 19.3 Å². The normalized spacial score (nSPS) is 29.0. The van der Waals surface area contributed by atoms with E-state index >= 15 is 0 Å². The first-order chi connectivity index (χ1) is 15.2. The van der Waals surface area contributed by atoms with Crippen LogP contribution in [-0.2, 0) is 16.1 Å². The van der Waals surface area contributed by atoms with Crippen molar-refractivity contribution in [3.63, 3.8) is 0 Å². The summed E-state index contributed by atoms with van der Waals surface area (Å²) in [5.74, 6) is 2.01. The third-order valence-electron chi connectivity index (χ3n) is 7.98. The lowest BCUT2D eigenvalue weighted by molar-refractivity contribution is -0.150. The maximum absolute atomic E-state index is 13.5. The number of amides is 3. The topological polar surface area (TPSA) is 78.5 Å². The summed E-state index contributed by atoms with van der Waals surface area (Å²) in [6.45, 7) is 4.42. The van der Waals surface area contributed by atoms with Crippen LogP contribution >= 0.6 is 0 Å². The number of likely N-dealkylation sites (N-methyl/N-ethyl adjacent to an activating group) is 1. The van der Waals surface area contributed by atoms with Crippen LogP contribution in [0.3, 0.4) is 0 Å². The summed E-state index contributed by atoms with van der Waals surface area (Å²) in [5.41, 5.74) is 1.28. The monoisotopic (exact) mass is 439 g/mol. The molecule has 4 aliphatic rings. The van der Waals surface area contributed by atoms with Gasteiger partial charge in [0.2, 0.25) is 11.8 Å². The van der Waals surface area contributed by atoms with Crippen molar-refractivity contribution in [3.05, 3.63) is 35.4 Å². The largest absolute Gasteiger partial charge is 0.355 e. The van der Waals surface area contributed by atoms with Gasteiger partial charge in [-0.25, -0.2) is 0 Å². The molecule has 0 heterocycles. The number of nitrogens with one attached hydrogen (secondary N) is 2. The number of carbonyl (C=O) groups is 3. The molecule has 3 amide bonds. The zero-order valence-electron chi connectivity index (χ0n) is 19.8. The molecule has 5 rings (SSSR count). The second-order valence-corrected chi connectivity index (χ2v) is 10.9. The molecule has 0 spiro atoms. The first-order valence-electron chi connectivity index (χ1n) is 12.1. The maximum atomic E-state index is 13.5. The van der Waals surface area contributed by atoms with Gasteiger partial charge in [-0.1, -0.05) is 26.0 Å². The number of carbonyl (C=O) groups excluding carboxylic acids is 3. The van der Waals surface area contributed by atoms with Gasteiger partial charge in [0.25, 0.3) is 5.91 Å². The molecule has 0 radical (unpaired) electrons. The van der Waals surface area contributed by atoms with Crippen LogP contribution in [0.25, 0.3) is 0 Å². The summed E-state index contributed by atoms with van der Waals surface area (Å²) < 4.78 is 0. The highest BCUT2D eigenvalue weighted by molar-refractivity contribution is 5.94. The molecule has 1 unspecified atom stereocenters. The fraction of sp³-hybridized carbons (Fsp3) is 0.654. The van der Waals surface area contributed by atoms with E-state index in [9.17, 15) is 14.4 Å². The van der Waals surface area contributed by atoms with E-state index in [0.29, 0.717) is 29.9 Å². The molecule has 174 valence electrons. The van der Waals surface area contributed by atoms with E-state index in [1.807, 2.05) is 26.0 Å². The van der Waals surface area contributed by atoms with E-state index < -0.39 is 6.04 Å². The Morgan fingerprint density at radius 2 is 1.53 bits per heavy atom. The van der Waals surface area contributed by atoms with Crippen molar-refractivity contribution >= 4 is 17.7 Å². The molecule has 6 nitrogen and oxygen atoms in total. The van der Waals surface area contributed by atoms with E-state index in [0.717, 1.165) is 24.8 Å². The van der Waals surface area contributed by atoms with Crippen LogP contribution in [0.5, 0.6) is 0 Å². The number of nitrogens with zero attached hydrogens (tertiary/aromatic N) is 1. The molecule has 4 bridgehead atoms. The summed E-state index contributed by atoms with van der Waals surface area (Å²) in [6, 6.07) is 6.74. The summed E-state index contributed by atoms with van der Waals surface area (Å²) in [5, 5.41) is 5.80. The molecule has 2 N–H and O–H groups in total. The second kappa shape index (κ2) is 8.87. The highest BCUT2D eigenvalue weighted by Gasteiger charge is 2.55. The molecular formula is C26H37N3O3. The quantitative estimate of drug-likeness (QED) is 0.684. The molecule has 0 saturated heterocycles. The lowest BCUT2D eigenvalue weighted by atomic mass is 9.49. The molecule has 4 aliphatic carbocycles. The molecule has 1 aromatic rings. The standard InChI is InChI=1S/C26H37N3O3/c1-16(2)22(24(31)29(4)15-17-5-7-21(8-6-17)23(30)27-3)28-25(32)26-12-18-9-19(13-26)11-20(10-18)14-26/h5-8,16,18-20,22H,9-15H2,1-4H3,(H,27,30)(H,28,32). The van der Waals surface area contributed by atoms with Crippen LogP contribution in [0.1, 0.15) is 68.3 Å². The number of hydrogen-bond acceptors (Lipinski definition) is 3. The van der Waals surface area contributed by atoms with Crippen molar-refractivity contribution in [2.24, 2.45) is 29.1 Å². The van der Waals surface area contributed by atoms with Gasteiger partial charge in [-0.2, -0.15) is 0 Å². The zero-order chi connectivity index (χ0) is 23.0. The van der Waals surface area contributed by atoms with Crippen LogP contribution in [0.4, 0.5) is 0 Å². The summed E-state index contributed by atoms with van der Waals surface area (Å²) in [4.78, 5) is 40.2. The molecule has 4 fully saturated rings. The molecule has 1 aromatic carbocycles. The Balaban J connectivity index is 1.41. The Bertz CT molecular complexity index is 842. The van der Waals surface area contributed by atoms with Gasteiger partial charge in [0.1, 0.15) is 6.04 Å². The van der Waals surface area contributed by atoms with Gasteiger partial charge in [0, 0.05) is 31.6 Å². The highest BCUT2D eigenvalue weighted by Crippen LogP contribution is 2.60. The fourth-order valence-corrected chi connectivity index (χ4v) is 6.69. The predicted molar refractivity (Wildman–Crippen MR) is 124 cm³/mol. The molecular weight excluding hydrogens is 402 g/mol. The van der Waals surface area contributed by atoms with Gasteiger partial charge in [-0.15, -0.1) is 0 Å². The van der Waals surface area contributed by atoms with Crippen LogP contribution in [0.2, 0.25) is 0 Å². The summed E-state index contributed by atoms with van der Waals surface area (Å²) >= 11 is 0. The number of benzene rings is 1. The van der Waals surface area contributed by atoms with Crippen molar-refractivity contribution in [2.45, 2.75) is 65.0 Å². The average Bonchev–Trinajstić information content (AvgIpc) is 2.75. The highest BCUT2D eigenvalue weighted by atomic mass is 16.2. The molecule has 1 atom stereocenters. The van der Waals surface area contributed by atoms with Crippen molar-refractivity contribution in [2.75, 3.05) is 14.1 Å². The smallest absolute Gasteiger partial charge is 0.251 e. The van der Waals surface area contributed by atoms with Gasteiger partial charge in [0.15, 0.2) is 0 Å². The van der Waals surface area contributed by atoms with Crippen LogP contribution in [0.15, 0.2) is 24.3 Å². The Kier molecular flexibility index (Phi) is 6.33. The van der Waals surface area contributed by atoms with E-state index in [1.54, 1.807) is 31.1 Å². The average molecular weight is 440 g/mol. The third kappa shape index (κ3) is 4.41. The van der Waals surface area contributed by atoms with Gasteiger partial charge < -0.3 is 15.5 Å². The minimum atomic E-state index is -0.523. The van der Waals surface area contributed by atoms with Crippen LogP contribution in [0, 0.1) is 29.1 Å². The molecule has 32 heavy (non-hydrogen) atoms. The first-order valence-corrected chi connectivity index (χ1v) is 12.1. The van der Waals surface area contributed by atoms with Crippen molar-refractivity contribution < 1.29 is 14.4 Å². The van der Waals surface area contributed by atoms with Gasteiger partial charge >= 0.3 is 0 Å². The van der Waals surface area contributed by atoms with Crippen LogP contribution < -0.4 is 10.6 Å². The Morgan fingerprint density at radius 1 is 1.00 bits per heavy atom. The minimum absolute atomic E-state index is 0.0124. The Morgan fingerprint density at radius 3 is 2.00 bits per heavy atom. The molecule has 4 saturated carbocycles. The minimum Gasteiger partial charge on any atom is -0.355 e. The third-order valence-corrected chi connectivity index (χ3v) is 7.98. The van der Waals surface area contributed by atoms with Gasteiger partial charge in [-0.3, -0.25) is 14.4 Å². The SMILES string of the molecule is CNC(=O)c1ccc(CN(C)C(=O)C(NC(=O)C23CC4CC(CC(C4)C2)C3)C(C)C)cc1. The van der Waals surface area contributed by atoms with Gasteiger partial charge in [0.05, 0.1) is 0 Å². The van der Waals surface area contributed by atoms with Crippen LogP contribution in [-0.4, -0.2) is 42.8 Å². The predicted octanol–water partition coefficient (Wildman–Crippen LogP) is 3.36. The number of hydrogen-bond donors (Lipinski definition) is 2. The zero-order valence-corrected chi connectivity index (χ0v) is 19.8. The summed E-state index contributed by atoms with van der Waals surface area (Å²) in [7, 11) is 3.38. The van der Waals surface area contributed by atoms with Gasteiger partial charge in [-0.05, 0) is 79.9 Å². The van der Waals surface area contributed by atoms with Crippen molar-refractivity contribution in [1.29, 1.82) is 0 Å². The second-order valence-electron chi connectivity index (χ2n) is 10.9. The van der Waals surface area contributed by atoms with E-state index in [2.05, 4.69) is 10.6 Å². The van der Waals surface area contributed by atoms with Crippen molar-refractivity contribution in [3.8, 4) is 0 Å². The lowest BCUT2D eigenvalue weighted by Gasteiger charge is -2.56.